The minimum Gasteiger partial charge on any atom is -0.495 e. The molecule has 0 radical (unpaired) electrons. The summed E-state index contributed by atoms with van der Waals surface area (Å²) in [6.07, 6.45) is 4.70. The van der Waals surface area contributed by atoms with E-state index in [0.29, 0.717) is 21.7 Å². The first-order valence-corrected chi connectivity index (χ1v) is 8.63. The van der Waals surface area contributed by atoms with Gasteiger partial charge in [-0.1, -0.05) is 18.5 Å². The summed E-state index contributed by atoms with van der Waals surface area (Å²) in [7, 11) is 1.41. The molecule has 0 unspecified atom stereocenters. The predicted molar refractivity (Wildman–Crippen MR) is 102 cm³/mol. The van der Waals surface area contributed by atoms with Gasteiger partial charge >= 0.3 is 5.97 Å². The van der Waals surface area contributed by atoms with E-state index >= 15 is 0 Å². The van der Waals surface area contributed by atoms with Crippen LogP contribution in [0.5, 0.6) is 5.75 Å². The highest BCUT2D eigenvalue weighted by Gasteiger charge is 2.36. The van der Waals surface area contributed by atoms with Gasteiger partial charge in [-0.3, -0.25) is 9.36 Å². The van der Waals surface area contributed by atoms with Crippen LogP contribution in [0.1, 0.15) is 25.3 Å². The summed E-state index contributed by atoms with van der Waals surface area (Å²) in [5.74, 6) is -0.929. The van der Waals surface area contributed by atoms with Crippen LogP contribution in [-0.2, 0) is 4.79 Å². The molecule has 1 N–H and O–H groups in total. The number of hydrogen-bond acceptors (Lipinski definition) is 4. The molecule has 0 aliphatic heterocycles. The van der Waals surface area contributed by atoms with Crippen LogP contribution in [0.25, 0.3) is 16.8 Å². The third-order valence-electron chi connectivity index (χ3n) is 4.63. The number of methoxy groups -OCH3 is 1. The molecule has 0 atom stereocenters. The first-order valence-electron chi connectivity index (χ1n) is 8.25. The molecule has 1 aliphatic rings. The smallest absolute Gasteiger partial charge is 0.352 e. The van der Waals surface area contributed by atoms with Gasteiger partial charge in [0.05, 0.1) is 24.9 Å². The van der Waals surface area contributed by atoms with E-state index in [-0.39, 0.29) is 16.9 Å². The zero-order chi connectivity index (χ0) is 19.8. The fourth-order valence-corrected chi connectivity index (χ4v) is 2.99. The van der Waals surface area contributed by atoms with Crippen LogP contribution >= 0.6 is 11.6 Å². The number of hydrogen-bond donors (Lipinski definition) is 1. The quantitative estimate of drug-likeness (QED) is 0.792. The Morgan fingerprint density at radius 3 is 2.63 bits per heavy atom. The lowest BCUT2D eigenvalue weighted by molar-refractivity contribution is -0.130. The van der Waals surface area contributed by atoms with Gasteiger partial charge in [0.25, 0.3) is 5.56 Å². The van der Waals surface area contributed by atoms with Crippen molar-refractivity contribution < 1.29 is 14.6 Å². The van der Waals surface area contributed by atoms with Crippen molar-refractivity contribution in [3.05, 3.63) is 57.5 Å². The lowest BCUT2D eigenvalue weighted by atomic mass is 10.0. The Kier molecular flexibility index (Phi) is 4.81. The molecule has 0 amide bonds. The van der Waals surface area contributed by atoms with Crippen LogP contribution in [0.4, 0.5) is 0 Å². The number of nitriles is 1. The van der Waals surface area contributed by atoms with Gasteiger partial charge in [-0.2, -0.15) is 5.26 Å². The maximum Gasteiger partial charge on any atom is 0.352 e. The standard InChI is InChI=1S/C20H17ClN2O4/c1-20(5-6-20)9-16(19(25)26)23-11-17(27-2)15(8-18(23)24)14-7-13(21)4-3-12(14)10-22/h3-4,7-9,11H,5-6H2,1-2H3,(H,25,26)/b16-9+. The molecular weight excluding hydrogens is 368 g/mol. The van der Waals surface area contributed by atoms with E-state index in [9.17, 15) is 20.0 Å². The normalized spacial score (nSPS) is 15.1. The van der Waals surface area contributed by atoms with Gasteiger partial charge in [0.1, 0.15) is 11.4 Å². The molecule has 7 heteroatoms. The molecular formula is C20H17ClN2O4. The lowest BCUT2D eigenvalue weighted by Crippen LogP contribution is -2.23. The number of nitrogens with zero attached hydrogens (tertiary/aromatic N) is 2. The third-order valence-corrected chi connectivity index (χ3v) is 4.87. The highest BCUT2D eigenvalue weighted by molar-refractivity contribution is 6.31. The maximum atomic E-state index is 12.7. The van der Waals surface area contributed by atoms with Crippen molar-refractivity contribution in [2.45, 2.75) is 19.8 Å². The second-order valence-corrected chi connectivity index (χ2v) is 7.19. The minimum absolute atomic E-state index is 0.114. The number of aliphatic carboxylic acids is 1. The summed E-state index contributed by atoms with van der Waals surface area (Å²) in [6, 6.07) is 8.03. The molecule has 138 valence electrons. The number of allylic oxidation sites excluding steroid dienone is 1. The van der Waals surface area contributed by atoms with Gasteiger partial charge in [-0.05, 0) is 42.5 Å². The van der Waals surface area contributed by atoms with E-state index < -0.39 is 11.5 Å². The van der Waals surface area contributed by atoms with Crippen molar-refractivity contribution in [1.82, 2.24) is 4.57 Å². The highest BCUT2D eigenvalue weighted by Crippen LogP contribution is 2.47. The number of benzene rings is 1. The molecule has 1 heterocycles. The molecule has 1 fully saturated rings. The van der Waals surface area contributed by atoms with E-state index in [1.165, 1.54) is 19.4 Å². The Hall–Kier alpha value is -3.04. The van der Waals surface area contributed by atoms with Crippen molar-refractivity contribution in [2.24, 2.45) is 5.41 Å². The topological polar surface area (TPSA) is 92.3 Å². The molecule has 1 aliphatic carbocycles. The predicted octanol–water partition coefficient (Wildman–Crippen LogP) is 3.77. The number of carboxylic acids is 1. The largest absolute Gasteiger partial charge is 0.495 e. The molecule has 2 aromatic rings. The number of halogens is 1. The number of ether oxygens (including phenoxy) is 1. The van der Waals surface area contributed by atoms with Crippen molar-refractivity contribution in [2.75, 3.05) is 7.11 Å². The highest BCUT2D eigenvalue weighted by atomic mass is 35.5. The molecule has 0 spiro atoms. The first kappa shape index (κ1) is 18.7. The second kappa shape index (κ2) is 6.93. The Balaban J connectivity index is 2.22. The third kappa shape index (κ3) is 3.74. The summed E-state index contributed by atoms with van der Waals surface area (Å²) in [5, 5.41) is 19.3. The molecule has 3 rings (SSSR count). The van der Waals surface area contributed by atoms with Crippen LogP contribution in [0.15, 0.2) is 41.3 Å². The molecule has 1 aromatic carbocycles. The van der Waals surface area contributed by atoms with Crippen LogP contribution in [0.3, 0.4) is 0 Å². The zero-order valence-electron chi connectivity index (χ0n) is 14.8. The van der Waals surface area contributed by atoms with Crippen molar-refractivity contribution in [3.63, 3.8) is 0 Å². The second-order valence-electron chi connectivity index (χ2n) is 6.75. The summed E-state index contributed by atoms with van der Waals surface area (Å²) in [4.78, 5) is 24.4. The summed E-state index contributed by atoms with van der Waals surface area (Å²) in [5.41, 5.74) is 0.291. The fourth-order valence-electron chi connectivity index (χ4n) is 2.82. The van der Waals surface area contributed by atoms with Gasteiger partial charge in [0.2, 0.25) is 0 Å². The monoisotopic (exact) mass is 384 g/mol. The van der Waals surface area contributed by atoms with E-state index in [1.807, 2.05) is 6.92 Å². The lowest BCUT2D eigenvalue weighted by Gasteiger charge is -2.15. The molecule has 1 saturated carbocycles. The van der Waals surface area contributed by atoms with Crippen LogP contribution < -0.4 is 10.3 Å². The van der Waals surface area contributed by atoms with E-state index in [0.717, 1.165) is 17.4 Å². The van der Waals surface area contributed by atoms with Crippen LogP contribution in [0.2, 0.25) is 5.02 Å². The Bertz CT molecular complexity index is 1060. The van der Waals surface area contributed by atoms with Crippen molar-refractivity contribution in [1.29, 1.82) is 5.26 Å². The number of aromatic nitrogens is 1. The summed E-state index contributed by atoms with van der Waals surface area (Å²) in [6.45, 7) is 1.94. The van der Waals surface area contributed by atoms with Gasteiger partial charge in [-0.25, -0.2) is 4.79 Å². The van der Waals surface area contributed by atoms with Crippen LogP contribution in [-0.4, -0.2) is 22.8 Å². The Morgan fingerprint density at radius 2 is 2.07 bits per heavy atom. The van der Waals surface area contributed by atoms with Gasteiger partial charge in [-0.15, -0.1) is 0 Å². The van der Waals surface area contributed by atoms with Crippen LogP contribution in [0, 0.1) is 16.7 Å². The average molecular weight is 385 g/mol. The minimum atomic E-state index is -1.19. The van der Waals surface area contributed by atoms with Gasteiger partial charge < -0.3 is 9.84 Å². The number of rotatable bonds is 5. The number of pyridine rings is 1. The van der Waals surface area contributed by atoms with Gasteiger partial charge in [0.15, 0.2) is 0 Å². The average Bonchev–Trinajstić information content (AvgIpc) is 3.37. The SMILES string of the molecule is COc1cn(/C(=C/C2(C)CC2)C(=O)O)c(=O)cc1-c1cc(Cl)ccc1C#N. The maximum absolute atomic E-state index is 12.7. The van der Waals surface area contributed by atoms with Gasteiger partial charge in [0, 0.05) is 22.2 Å². The summed E-state index contributed by atoms with van der Waals surface area (Å²) < 4.78 is 6.44. The molecule has 1 aromatic heterocycles. The molecule has 27 heavy (non-hydrogen) atoms. The van der Waals surface area contributed by atoms with E-state index in [2.05, 4.69) is 6.07 Å². The number of carbonyl (C=O) groups is 1. The molecule has 0 saturated heterocycles. The summed E-state index contributed by atoms with van der Waals surface area (Å²) >= 11 is 6.04. The molecule has 6 nitrogen and oxygen atoms in total. The number of carboxylic acid groups (broad SMARTS) is 1. The van der Waals surface area contributed by atoms with Crippen molar-refractivity contribution in [3.8, 4) is 22.9 Å². The van der Waals surface area contributed by atoms with E-state index in [4.69, 9.17) is 16.3 Å². The fraction of sp³-hybridized carbons (Fsp3) is 0.250. The van der Waals surface area contributed by atoms with E-state index in [1.54, 1.807) is 24.3 Å². The van der Waals surface area contributed by atoms with Crippen molar-refractivity contribution >= 4 is 23.3 Å². The Morgan fingerprint density at radius 1 is 1.37 bits per heavy atom. The zero-order valence-corrected chi connectivity index (χ0v) is 15.6. The first-order chi connectivity index (χ1) is 12.8. The Labute approximate surface area is 160 Å². The molecule has 0 bridgehead atoms.